The third kappa shape index (κ3) is 3.55. The summed E-state index contributed by atoms with van der Waals surface area (Å²) >= 11 is 0. The van der Waals surface area contributed by atoms with Crippen molar-refractivity contribution in [3.05, 3.63) is 60.3 Å². The summed E-state index contributed by atoms with van der Waals surface area (Å²) in [6.07, 6.45) is 2.33. The summed E-state index contributed by atoms with van der Waals surface area (Å²) in [5.74, 6) is -0.478. The first-order valence-corrected chi connectivity index (χ1v) is 9.32. The minimum atomic E-state index is -1.19. The minimum Gasteiger partial charge on any atom is -0.437 e. The smallest absolute Gasteiger partial charge is 0.227 e. The molecule has 0 spiro atoms. The van der Waals surface area contributed by atoms with Gasteiger partial charge >= 0.3 is 0 Å². The van der Waals surface area contributed by atoms with Crippen LogP contribution in [-0.2, 0) is 5.60 Å². The van der Waals surface area contributed by atoms with E-state index < -0.39 is 11.5 Å². The Hall–Kier alpha value is -2.64. The quantitative estimate of drug-likeness (QED) is 0.688. The number of halogens is 2. The van der Waals surface area contributed by atoms with Crippen LogP contribution in [0.25, 0.3) is 22.6 Å². The number of nitrogens with zero attached hydrogens (tertiary/aromatic N) is 3. The number of likely N-dealkylation sites (tertiary alicyclic amines) is 1. The van der Waals surface area contributed by atoms with Gasteiger partial charge in [-0.3, -0.25) is 0 Å². The van der Waals surface area contributed by atoms with Crippen LogP contribution in [0, 0.1) is 11.8 Å². The Labute approximate surface area is 161 Å². The number of piperidine rings is 1. The Bertz CT molecular complexity index is 964. The highest BCUT2D eigenvalue weighted by Crippen LogP contribution is 2.39. The van der Waals surface area contributed by atoms with E-state index in [4.69, 9.17) is 4.42 Å². The van der Waals surface area contributed by atoms with E-state index in [-0.39, 0.29) is 11.7 Å². The van der Waals surface area contributed by atoms with Crippen LogP contribution < -0.4 is 0 Å². The number of aromatic nitrogens is 2. The Morgan fingerprint density at radius 3 is 2.46 bits per heavy atom. The van der Waals surface area contributed by atoms with Crippen molar-refractivity contribution < 1.29 is 18.3 Å². The molecule has 0 atom stereocenters. The van der Waals surface area contributed by atoms with E-state index in [1.807, 2.05) is 0 Å². The first-order chi connectivity index (χ1) is 13.5. The monoisotopic (exact) mass is 385 g/mol. The van der Waals surface area contributed by atoms with Crippen LogP contribution in [0.2, 0.25) is 0 Å². The van der Waals surface area contributed by atoms with E-state index >= 15 is 0 Å². The van der Waals surface area contributed by atoms with Crippen molar-refractivity contribution in [2.24, 2.45) is 0 Å². The average Bonchev–Trinajstić information content (AvgIpc) is 3.15. The number of rotatable bonds is 4. The average molecular weight is 385 g/mol. The molecule has 1 aliphatic rings. The fourth-order valence-corrected chi connectivity index (χ4v) is 3.51. The van der Waals surface area contributed by atoms with Gasteiger partial charge in [-0.15, -0.1) is 0 Å². The van der Waals surface area contributed by atoms with Gasteiger partial charge in [-0.25, -0.2) is 14.4 Å². The molecule has 7 heteroatoms. The summed E-state index contributed by atoms with van der Waals surface area (Å²) in [6, 6.07) is 8.69. The zero-order valence-electron chi connectivity index (χ0n) is 15.5. The maximum Gasteiger partial charge on any atom is 0.227 e. The van der Waals surface area contributed by atoms with Gasteiger partial charge in [0, 0.05) is 36.5 Å². The van der Waals surface area contributed by atoms with E-state index in [2.05, 4.69) is 21.8 Å². The normalized spacial score (nSPS) is 17.0. The highest BCUT2D eigenvalue weighted by atomic mass is 19.1. The molecule has 1 fully saturated rings. The molecule has 0 bridgehead atoms. The van der Waals surface area contributed by atoms with Crippen molar-refractivity contribution in [3.63, 3.8) is 0 Å². The van der Waals surface area contributed by atoms with E-state index in [1.54, 1.807) is 18.2 Å². The lowest BCUT2D eigenvalue weighted by Crippen LogP contribution is -2.42. The lowest BCUT2D eigenvalue weighted by molar-refractivity contribution is -0.0447. The maximum atomic E-state index is 13.7. The fraction of sp³-hybridized carbons (Fsp3) is 0.333. The maximum absolute atomic E-state index is 13.7. The van der Waals surface area contributed by atoms with Crippen molar-refractivity contribution >= 4 is 0 Å². The standard InChI is InChI=1S/C21H21F2N3O2/c1-2-26-11-8-21(27,9-12-26)20-25-18(14-3-5-16(22)6-4-14)19(28-20)15-7-10-24-17(23)13-15/h3-7,10,13,27H,2,8-9,11-12H2,1H3. The molecule has 3 aromatic rings. The molecular formula is C21H21F2N3O2. The molecule has 0 unspecified atom stereocenters. The van der Waals surface area contributed by atoms with Gasteiger partial charge < -0.3 is 14.4 Å². The van der Waals surface area contributed by atoms with Crippen LogP contribution in [-0.4, -0.2) is 39.6 Å². The van der Waals surface area contributed by atoms with Crippen molar-refractivity contribution in [2.75, 3.05) is 19.6 Å². The molecule has 3 heterocycles. The van der Waals surface area contributed by atoms with Gasteiger partial charge in [0.1, 0.15) is 17.1 Å². The van der Waals surface area contributed by atoms with Gasteiger partial charge in [0.05, 0.1) is 0 Å². The zero-order chi connectivity index (χ0) is 19.7. The zero-order valence-corrected chi connectivity index (χ0v) is 15.5. The van der Waals surface area contributed by atoms with Crippen LogP contribution in [0.3, 0.4) is 0 Å². The van der Waals surface area contributed by atoms with Crippen molar-refractivity contribution in [1.29, 1.82) is 0 Å². The van der Waals surface area contributed by atoms with E-state index in [0.29, 0.717) is 35.4 Å². The molecule has 0 amide bonds. The third-order valence-corrected chi connectivity index (χ3v) is 5.26. The van der Waals surface area contributed by atoms with E-state index in [0.717, 1.165) is 19.6 Å². The van der Waals surface area contributed by atoms with E-state index in [9.17, 15) is 13.9 Å². The van der Waals surface area contributed by atoms with E-state index in [1.165, 1.54) is 24.4 Å². The number of oxazole rings is 1. The van der Waals surface area contributed by atoms with Crippen LogP contribution in [0.5, 0.6) is 0 Å². The largest absolute Gasteiger partial charge is 0.437 e. The van der Waals surface area contributed by atoms with Gasteiger partial charge in [0.25, 0.3) is 0 Å². The number of hydrogen-bond acceptors (Lipinski definition) is 5. The second-order valence-corrected chi connectivity index (χ2v) is 7.04. The molecule has 1 N–H and O–H groups in total. The Morgan fingerprint density at radius 1 is 1.11 bits per heavy atom. The topological polar surface area (TPSA) is 62.4 Å². The molecule has 146 valence electrons. The SMILES string of the molecule is CCN1CCC(O)(c2nc(-c3ccc(F)cc3)c(-c3ccnc(F)c3)o2)CC1. The summed E-state index contributed by atoms with van der Waals surface area (Å²) < 4.78 is 33.0. The highest BCUT2D eigenvalue weighted by molar-refractivity contribution is 5.76. The number of pyridine rings is 1. The Kier molecular flexibility index (Phi) is 4.95. The highest BCUT2D eigenvalue weighted by Gasteiger charge is 2.39. The molecule has 0 saturated carbocycles. The number of hydrogen-bond donors (Lipinski definition) is 1. The fourth-order valence-electron chi connectivity index (χ4n) is 3.51. The first kappa shape index (κ1) is 18.7. The summed E-state index contributed by atoms with van der Waals surface area (Å²) in [4.78, 5) is 10.4. The lowest BCUT2D eigenvalue weighted by atomic mass is 9.91. The van der Waals surface area contributed by atoms with Gasteiger partial charge in [-0.05, 0) is 49.7 Å². The van der Waals surface area contributed by atoms with Crippen molar-refractivity contribution in [2.45, 2.75) is 25.4 Å². The predicted octanol–water partition coefficient (Wildman–Crippen LogP) is 3.99. The molecule has 0 aliphatic carbocycles. The Balaban J connectivity index is 1.79. The van der Waals surface area contributed by atoms with Gasteiger partial charge in [-0.2, -0.15) is 4.39 Å². The molecular weight excluding hydrogens is 364 g/mol. The summed E-state index contributed by atoms with van der Waals surface area (Å²) in [5.41, 5.74) is 0.329. The van der Waals surface area contributed by atoms with Crippen LogP contribution in [0.15, 0.2) is 47.0 Å². The molecule has 2 aromatic heterocycles. The summed E-state index contributed by atoms with van der Waals surface area (Å²) in [5, 5.41) is 11.2. The van der Waals surface area contributed by atoms with Gasteiger partial charge in [0.2, 0.25) is 11.8 Å². The second kappa shape index (κ2) is 7.41. The van der Waals surface area contributed by atoms with Crippen molar-refractivity contribution in [3.8, 4) is 22.6 Å². The molecule has 1 saturated heterocycles. The summed E-state index contributed by atoms with van der Waals surface area (Å²) in [7, 11) is 0. The van der Waals surface area contributed by atoms with Crippen LogP contribution in [0.1, 0.15) is 25.7 Å². The first-order valence-electron chi connectivity index (χ1n) is 9.32. The molecule has 1 aliphatic heterocycles. The molecule has 5 nitrogen and oxygen atoms in total. The third-order valence-electron chi connectivity index (χ3n) is 5.26. The molecule has 28 heavy (non-hydrogen) atoms. The van der Waals surface area contributed by atoms with Crippen molar-refractivity contribution in [1.82, 2.24) is 14.9 Å². The molecule has 1 aromatic carbocycles. The molecule has 4 rings (SSSR count). The minimum absolute atomic E-state index is 0.204. The second-order valence-electron chi connectivity index (χ2n) is 7.04. The number of aliphatic hydroxyl groups is 1. The molecule has 0 radical (unpaired) electrons. The Morgan fingerprint density at radius 2 is 1.82 bits per heavy atom. The van der Waals surface area contributed by atoms with Gasteiger partial charge in [-0.1, -0.05) is 6.92 Å². The van der Waals surface area contributed by atoms with Gasteiger partial charge in [0.15, 0.2) is 5.76 Å². The predicted molar refractivity (Wildman–Crippen MR) is 100 cm³/mol. The number of benzene rings is 1. The van der Waals surface area contributed by atoms with Crippen LogP contribution in [0.4, 0.5) is 8.78 Å². The lowest BCUT2D eigenvalue weighted by Gasteiger charge is -2.35. The van der Waals surface area contributed by atoms with Crippen LogP contribution >= 0.6 is 0 Å². The summed E-state index contributed by atoms with van der Waals surface area (Å²) in [6.45, 7) is 4.48.